The van der Waals surface area contributed by atoms with Gasteiger partial charge >= 0.3 is 0 Å². The molecule has 26 heavy (non-hydrogen) atoms. The van der Waals surface area contributed by atoms with E-state index in [4.69, 9.17) is 11.6 Å². The smallest absolute Gasteiger partial charge is 0.254 e. The first-order valence-electron chi connectivity index (χ1n) is 8.47. The number of hydrogen-bond acceptors (Lipinski definition) is 4. The molecule has 0 spiro atoms. The molecule has 1 unspecified atom stereocenters. The number of benzene rings is 1. The monoisotopic (exact) mass is 376 g/mol. The summed E-state index contributed by atoms with van der Waals surface area (Å²) in [5.41, 5.74) is 1.59. The van der Waals surface area contributed by atoms with Crippen LogP contribution in [0.2, 0.25) is 5.02 Å². The van der Waals surface area contributed by atoms with Gasteiger partial charge < -0.3 is 15.6 Å². The van der Waals surface area contributed by atoms with Gasteiger partial charge in [0.1, 0.15) is 11.6 Å². The molecule has 136 valence electrons. The van der Waals surface area contributed by atoms with Gasteiger partial charge in [0, 0.05) is 18.8 Å². The number of halogens is 2. The zero-order valence-corrected chi connectivity index (χ0v) is 14.7. The normalized spacial score (nSPS) is 17.5. The van der Waals surface area contributed by atoms with E-state index in [-0.39, 0.29) is 23.5 Å². The van der Waals surface area contributed by atoms with Crippen molar-refractivity contribution in [3.05, 3.63) is 46.8 Å². The average Bonchev–Trinajstić information content (AvgIpc) is 3.28. The molecule has 0 aliphatic carbocycles. The zero-order valence-electron chi connectivity index (χ0n) is 13.9. The first-order chi connectivity index (χ1) is 12.6. The Morgan fingerprint density at radius 3 is 3.15 bits per heavy atom. The Labute approximate surface area is 153 Å². The van der Waals surface area contributed by atoms with Gasteiger partial charge in [0.2, 0.25) is 0 Å². The Hall–Kier alpha value is -2.45. The number of piperidine rings is 1. The van der Waals surface area contributed by atoms with E-state index < -0.39 is 5.82 Å². The lowest BCUT2D eigenvalue weighted by Gasteiger charge is -2.22. The molecular formula is C17H18ClFN6O. The molecule has 1 amide bonds. The lowest BCUT2D eigenvalue weighted by molar-refractivity contribution is 0.0950. The SMILES string of the molecule is O=C(NCc1nc2cc(Cl)c(F)cc2[nH]1)c1cnn(C2CCCNC2)c1. The van der Waals surface area contributed by atoms with E-state index in [9.17, 15) is 9.18 Å². The Morgan fingerprint density at radius 1 is 1.46 bits per heavy atom. The second-order valence-corrected chi connectivity index (χ2v) is 6.77. The van der Waals surface area contributed by atoms with E-state index in [0.29, 0.717) is 22.4 Å². The van der Waals surface area contributed by atoms with Crippen LogP contribution in [0.15, 0.2) is 24.5 Å². The molecule has 0 bridgehead atoms. The Bertz CT molecular complexity index is 907. The number of nitrogens with one attached hydrogen (secondary N) is 3. The molecule has 1 aliphatic rings. The second-order valence-electron chi connectivity index (χ2n) is 6.36. The van der Waals surface area contributed by atoms with Crippen molar-refractivity contribution in [3.8, 4) is 0 Å². The van der Waals surface area contributed by atoms with E-state index in [1.807, 2.05) is 4.68 Å². The van der Waals surface area contributed by atoms with Crippen LogP contribution in [0.5, 0.6) is 0 Å². The Morgan fingerprint density at radius 2 is 2.35 bits per heavy atom. The minimum atomic E-state index is -0.511. The van der Waals surface area contributed by atoms with E-state index in [1.54, 1.807) is 12.4 Å². The summed E-state index contributed by atoms with van der Waals surface area (Å²) in [6.45, 7) is 2.08. The highest BCUT2D eigenvalue weighted by atomic mass is 35.5. The molecule has 4 rings (SSSR count). The molecule has 3 N–H and O–H groups in total. The lowest BCUT2D eigenvalue weighted by atomic mass is 10.1. The first-order valence-corrected chi connectivity index (χ1v) is 8.84. The van der Waals surface area contributed by atoms with Crippen molar-refractivity contribution in [2.45, 2.75) is 25.4 Å². The molecule has 0 saturated carbocycles. The van der Waals surface area contributed by atoms with Gasteiger partial charge in [-0.1, -0.05) is 11.6 Å². The number of amides is 1. The summed E-state index contributed by atoms with van der Waals surface area (Å²) < 4.78 is 15.3. The third-order valence-electron chi connectivity index (χ3n) is 4.50. The van der Waals surface area contributed by atoms with Crippen molar-refractivity contribution >= 4 is 28.5 Å². The van der Waals surface area contributed by atoms with Gasteiger partial charge in [0.15, 0.2) is 0 Å². The molecule has 3 heterocycles. The first kappa shape index (κ1) is 17.0. The predicted molar refractivity (Wildman–Crippen MR) is 95.6 cm³/mol. The van der Waals surface area contributed by atoms with Gasteiger partial charge in [-0.15, -0.1) is 0 Å². The molecule has 9 heteroatoms. The maximum Gasteiger partial charge on any atom is 0.254 e. The molecule has 0 radical (unpaired) electrons. The second kappa shape index (κ2) is 7.05. The van der Waals surface area contributed by atoms with Gasteiger partial charge in [-0.25, -0.2) is 9.37 Å². The Kier molecular flexibility index (Phi) is 4.60. The summed E-state index contributed by atoms with van der Waals surface area (Å²) in [6.07, 6.45) is 5.48. The molecule has 1 fully saturated rings. The van der Waals surface area contributed by atoms with Gasteiger partial charge in [-0.2, -0.15) is 5.10 Å². The van der Waals surface area contributed by atoms with Gasteiger partial charge in [-0.05, 0) is 25.5 Å². The number of imidazole rings is 1. The highest BCUT2D eigenvalue weighted by molar-refractivity contribution is 6.31. The van der Waals surface area contributed by atoms with Crippen molar-refractivity contribution < 1.29 is 9.18 Å². The van der Waals surface area contributed by atoms with Gasteiger partial charge in [0.05, 0.1) is 40.4 Å². The van der Waals surface area contributed by atoms with Crippen molar-refractivity contribution in [1.29, 1.82) is 0 Å². The van der Waals surface area contributed by atoms with Crippen LogP contribution < -0.4 is 10.6 Å². The summed E-state index contributed by atoms with van der Waals surface area (Å²) in [4.78, 5) is 19.6. The number of aromatic nitrogens is 4. The number of hydrogen-bond donors (Lipinski definition) is 3. The number of carbonyl (C=O) groups is 1. The van der Waals surface area contributed by atoms with Crippen LogP contribution in [0.1, 0.15) is 35.1 Å². The van der Waals surface area contributed by atoms with E-state index in [0.717, 1.165) is 25.9 Å². The van der Waals surface area contributed by atoms with Gasteiger partial charge in [0.25, 0.3) is 5.91 Å². The van der Waals surface area contributed by atoms with Crippen LogP contribution in [-0.2, 0) is 6.54 Å². The molecule has 1 saturated heterocycles. The third-order valence-corrected chi connectivity index (χ3v) is 4.79. The summed E-state index contributed by atoms with van der Waals surface area (Å²) >= 11 is 5.76. The fourth-order valence-electron chi connectivity index (χ4n) is 3.12. The molecular weight excluding hydrogens is 359 g/mol. The number of aromatic amines is 1. The summed E-state index contributed by atoms with van der Waals surface area (Å²) in [5.74, 6) is -0.216. The maximum absolute atomic E-state index is 13.5. The van der Waals surface area contributed by atoms with Crippen molar-refractivity contribution in [2.24, 2.45) is 0 Å². The minimum Gasteiger partial charge on any atom is -0.345 e. The number of rotatable bonds is 4. The molecule has 2 aromatic heterocycles. The number of carbonyl (C=O) groups excluding carboxylic acids is 1. The van der Waals surface area contributed by atoms with E-state index in [1.165, 1.54) is 12.1 Å². The molecule has 3 aromatic rings. The fourth-order valence-corrected chi connectivity index (χ4v) is 3.28. The van der Waals surface area contributed by atoms with Crippen LogP contribution in [0.25, 0.3) is 11.0 Å². The summed E-state index contributed by atoms with van der Waals surface area (Å²) in [6, 6.07) is 3.02. The van der Waals surface area contributed by atoms with Crippen molar-refractivity contribution in [2.75, 3.05) is 13.1 Å². The minimum absolute atomic E-state index is 0.0178. The number of H-pyrrole nitrogens is 1. The van der Waals surface area contributed by atoms with Crippen molar-refractivity contribution in [1.82, 2.24) is 30.4 Å². The lowest BCUT2D eigenvalue weighted by Crippen LogP contribution is -2.31. The fraction of sp³-hybridized carbons (Fsp3) is 0.353. The van der Waals surface area contributed by atoms with Crippen LogP contribution in [0.4, 0.5) is 4.39 Å². The van der Waals surface area contributed by atoms with Crippen LogP contribution in [-0.4, -0.2) is 38.7 Å². The highest BCUT2D eigenvalue weighted by Gasteiger charge is 2.17. The van der Waals surface area contributed by atoms with E-state index in [2.05, 4.69) is 25.7 Å². The van der Waals surface area contributed by atoms with Crippen molar-refractivity contribution in [3.63, 3.8) is 0 Å². The number of nitrogens with zero attached hydrogens (tertiary/aromatic N) is 3. The largest absolute Gasteiger partial charge is 0.345 e. The maximum atomic E-state index is 13.5. The third kappa shape index (κ3) is 3.42. The van der Waals surface area contributed by atoms with E-state index >= 15 is 0 Å². The summed E-state index contributed by atoms with van der Waals surface area (Å²) in [7, 11) is 0. The highest BCUT2D eigenvalue weighted by Crippen LogP contribution is 2.21. The number of fused-ring (bicyclic) bond motifs is 1. The molecule has 1 aliphatic heterocycles. The van der Waals surface area contributed by atoms with Gasteiger partial charge in [-0.3, -0.25) is 9.48 Å². The standard InChI is InChI=1S/C17H18ClFN6O/c18-12-4-14-15(5-13(12)19)24-16(23-14)8-21-17(26)10-6-22-25(9-10)11-2-1-3-20-7-11/h4-6,9,11,20H,1-3,7-8H2,(H,21,26)(H,23,24). The average molecular weight is 377 g/mol. The predicted octanol–water partition coefficient (Wildman–Crippen LogP) is 2.41. The molecule has 1 aromatic carbocycles. The van der Waals surface area contributed by atoms with Crippen LogP contribution >= 0.6 is 11.6 Å². The van der Waals surface area contributed by atoms with Crippen LogP contribution in [0, 0.1) is 5.82 Å². The Balaban J connectivity index is 1.41. The topological polar surface area (TPSA) is 87.6 Å². The quantitative estimate of drug-likeness (QED) is 0.652. The summed E-state index contributed by atoms with van der Waals surface area (Å²) in [5, 5.41) is 10.4. The zero-order chi connectivity index (χ0) is 18.1. The van der Waals surface area contributed by atoms with Crippen LogP contribution in [0.3, 0.4) is 0 Å². The molecule has 7 nitrogen and oxygen atoms in total. The molecule has 1 atom stereocenters.